The molecule has 146 valence electrons. The highest BCUT2D eigenvalue weighted by Gasteiger charge is 2.29. The summed E-state index contributed by atoms with van der Waals surface area (Å²) < 4.78 is 5.08. The van der Waals surface area contributed by atoms with Crippen LogP contribution in [0.15, 0.2) is 42.7 Å². The lowest BCUT2D eigenvalue weighted by atomic mass is 9.97. The lowest BCUT2D eigenvalue weighted by molar-refractivity contribution is 0.180. The topological polar surface area (TPSA) is 74.8 Å². The van der Waals surface area contributed by atoms with E-state index >= 15 is 0 Å². The quantitative estimate of drug-likeness (QED) is 0.883. The van der Waals surface area contributed by atoms with E-state index in [9.17, 15) is 9.59 Å². The van der Waals surface area contributed by atoms with Crippen LogP contribution in [0.2, 0.25) is 0 Å². The van der Waals surface area contributed by atoms with Crippen molar-refractivity contribution in [3.05, 3.63) is 59.4 Å². The zero-order chi connectivity index (χ0) is 19.5. The van der Waals surface area contributed by atoms with E-state index in [1.54, 1.807) is 17.3 Å². The molecular formula is C21H24N4O3. The number of amides is 3. The Kier molecular flexibility index (Phi) is 5.14. The largest absolute Gasteiger partial charge is 0.447 e. The standard InChI is InChI=1S/C21H24N4O3/c1-2-18(15-6-9-22-10-7-15)23-20(26)24-11-8-17-16(14-24)4-3-5-19(17)25-12-13-28-21(25)27/h3-7,9-10,18H,2,8,11-14H2,1H3,(H,23,26). The first kappa shape index (κ1) is 18.3. The van der Waals surface area contributed by atoms with Crippen LogP contribution in [0.25, 0.3) is 0 Å². The Labute approximate surface area is 164 Å². The van der Waals surface area contributed by atoms with E-state index in [2.05, 4.69) is 17.2 Å². The summed E-state index contributed by atoms with van der Waals surface area (Å²) in [7, 11) is 0. The predicted octanol–water partition coefficient (Wildman–Crippen LogP) is 3.26. The van der Waals surface area contributed by atoms with Gasteiger partial charge in [0.2, 0.25) is 0 Å². The first-order valence-electron chi connectivity index (χ1n) is 9.67. The molecule has 1 unspecified atom stereocenters. The number of nitrogens with one attached hydrogen (secondary N) is 1. The fourth-order valence-electron chi connectivity index (χ4n) is 3.88. The Hall–Kier alpha value is -3.09. The highest BCUT2D eigenvalue weighted by Crippen LogP contribution is 2.31. The van der Waals surface area contributed by atoms with E-state index in [0.717, 1.165) is 35.2 Å². The normalized spacial score (nSPS) is 17.1. The molecule has 1 aromatic heterocycles. The molecule has 2 aromatic rings. The van der Waals surface area contributed by atoms with Gasteiger partial charge in [0.05, 0.1) is 18.3 Å². The Morgan fingerprint density at radius 3 is 2.79 bits per heavy atom. The molecule has 0 saturated carbocycles. The van der Waals surface area contributed by atoms with Gasteiger partial charge in [-0.15, -0.1) is 0 Å². The van der Waals surface area contributed by atoms with Gasteiger partial charge in [0, 0.05) is 25.5 Å². The van der Waals surface area contributed by atoms with E-state index in [1.807, 2.05) is 35.2 Å². The van der Waals surface area contributed by atoms with Crippen molar-refractivity contribution in [1.29, 1.82) is 0 Å². The van der Waals surface area contributed by atoms with E-state index < -0.39 is 0 Å². The van der Waals surface area contributed by atoms with Crippen molar-refractivity contribution < 1.29 is 14.3 Å². The van der Waals surface area contributed by atoms with E-state index in [4.69, 9.17) is 4.74 Å². The van der Waals surface area contributed by atoms with E-state index in [0.29, 0.717) is 26.2 Å². The van der Waals surface area contributed by atoms with Gasteiger partial charge in [0.15, 0.2) is 0 Å². The average Bonchev–Trinajstić information content (AvgIpc) is 3.17. The second kappa shape index (κ2) is 7.88. The third kappa shape index (κ3) is 3.52. The van der Waals surface area contributed by atoms with Crippen molar-refractivity contribution in [1.82, 2.24) is 15.2 Å². The minimum absolute atomic E-state index is 0.0393. The third-order valence-electron chi connectivity index (χ3n) is 5.39. The molecule has 1 fully saturated rings. The molecule has 2 aliphatic rings. The molecular weight excluding hydrogens is 356 g/mol. The van der Waals surface area contributed by atoms with E-state index in [-0.39, 0.29) is 18.2 Å². The van der Waals surface area contributed by atoms with Crippen molar-refractivity contribution >= 4 is 17.8 Å². The van der Waals surface area contributed by atoms with Gasteiger partial charge in [-0.2, -0.15) is 0 Å². The molecule has 3 amide bonds. The zero-order valence-electron chi connectivity index (χ0n) is 15.9. The summed E-state index contributed by atoms with van der Waals surface area (Å²) in [6.45, 7) is 4.20. The van der Waals surface area contributed by atoms with Gasteiger partial charge in [-0.25, -0.2) is 9.59 Å². The van der Waals surface area contributed by atoms with Crippen LogP contribution in [-0.2, 0) is 17.7 Å². The Bertz CT molecular complexity index is 871. The number of anilines is 1. The van der Waals surface area contributed by atoms with Crippen LogP contribution in [0.5, 0.6) is 0 Å². The van der Waals surface area contributed by atoms with Crippen LogP contribution >= 0.6 is 0 Å². The number of carbonyl (C=O) groups excluding carboxylic acids is 2. The van der Waals surface area contributed by atoms with Crippen LogP contribution in [0.1, 0.15) is 36.1 Å². The fraction of sp³-hybridized carbons (Fsp3) is 0.381. The summed E-state index contributed by atoms with van der Waals surface area (Å²) in [5.41, 5.74) is 4.17. The monoisotopic (exact) mass is 380 g/mol. The highest BCUT2D eigenvalue weighted by molar-refractivity contribution is 5.90. The van der Waals surface area contributed by atoms with Crippen molar-refractivity contribution in [3.8, 4) is 0 Å². The molecule has 1 aromatic carbocycles. The van der Waals surface area contributed by atoms with Gasteiger partial charge < -0.3 is 15.0 Å². The SMILES string of the molecule is CCC(NC(=O)N1CCc2c(cccc2N2CCOC2=O)C1)c1ccncc1. The number of hydrogen-bond acceptors (Lipinski definition) is 4. The second-order valence-electron chi connectivity index (χ2n) is 7.04. The van der Waals surface area contributed by atoms with Crippen LogP contribution in [-0.4, -0.2) is 41.7 Å². The predicted molar refractivity (Wildman–Crippen MR) is 105 cm³/mol. The number of carbonyl (C=O) groups is 2. The Morgan fingerprint density at radius 2 is 2.07 bits per heavy atom. The zero-order valence-corrected chi connectivity index (χ0v) is 15.9. The molecule has 2 aliphatic heterocycles. The molecule has 3 heterocycles. The van der Waals surface area contributed by atoms with Crippen LogP contribution in [0.3, 0.4) is 0 Å². The van der Waals surface area contributed by atoms with E-state index in [1.165, 1.54) is 0 Å². The summed E-state index contributed by atoms with van der Waals surface area (Å²) in [5.74, 6) is 0. The van der Waals surface area contributed by atoms with Gasteiger partial charge in [-0.1, -0.05) is 19.1 Å². The first-order valence-corrected chi connectivity index (χ1v) is 9.67. The van der Waals surface area contributed by atoms with Crippen molar-refractivity contribution in [3.63, 3.8) is 0 Å². The fourth-order valence-corrected chi connectivity index (χ4v) is 3.88. The summed E-state index contributed by atoms with van der Waals surface area (Å²) in [6.07, 6.45) is 4.71. The van der Waals surface area contributed by atoms with Gasteiger partial charge >= 0.3 is 12.1 Å². The number of aromatic nitrogens is 1. The lowest BCUT2D eigenvalue weighted by Crippen LogP contribution is -2.44. The van der Waals surface area contributed by atoms with Gasteiger partial charge in [0.25, 0.3) is 0 Å². The van der Waals surface area contributed by atoms with Crippen LogP contribution < -0.4 is 10.2 Å². The number of fused-ring (bicyclic) bond motifs is 1. The van der Waals surface area contributed by atoms with Crippen LogP contribution in [0.4, 0.5) is 15.3 Å². The van der Waals surface area contributed by atoms with Gasteiger partial charge in [0.1, 0.15) is 6.61 Å². The molecule has 28 heavy (non-hydrogen) atoms. The maximum absolute atomic E-state index is 12.9. The lowest BCUT2D eigenvalue weighted by Gasteiger charge is -2.32. The molecule has 7 nitrogen and oxygen atoms in total. The van der Waals surface area contributed by atoms with Crippen molar-refractivity contribution in [2.45, 2.75) is 32.4 Å². The number of rotatable bonds is 4. The summed E-state index contributed by atoms with van der Waals surface area (Å²) in [4.78, 5) is 32.4. The number of cyclic esters (lactones) is 1. The maximum Gasteiger partial charge on any atom is 0.414 e. The molecule has 0 bridgehead atoms. The molecule has 0 radical (unpaired) electrons. The minimum atomic E-state index is -0.295. The molecule has 1 atom stereocenters. The molecule has 0 aliphatic carbocycles. The number of urea groups is 1. The number of nitrogens with zero attached hydrogens (tertiary/aromatic N) is 3. The Balaban J connectivity index is 1.48. The number of benzene rings is 1. The third-order valence-corrected chi connectivity index (χ3v) is 5.39. The number of hydrogen-bond donors (Lipinski definition) is 1. The Morgan fingerprint density at radius 1 is 1.25 bits per heavy atom. The second-order valence-corrected chi connectivity index (χ2v) is 7.04. The van der Waals surface area contributed by atoms with Crippen molar-refractivity contribution in [2.75, 3.05) is 24.6 Å². The van der Waals surface area contributed by atoms with Gasteiger partial charge in [-0.05, 0) is 47.7 Å². The minimum Gasteiger partial charge on any atom is -0.447 e. The highest BCUT2D eigenvalue weighted by atomic mass is 16.6. The molecule has 1 N–H and O–H groups in total. The maximum atomic E-state index is 12.9. The van der Waals surface area contributed by atoms with Crippen LogP contribution in [0, 0.1) is 0 Å². The smallest absolute Gasteiger partial charge is 0.414 e. The summed E-state index contributed by atoms with van der Waals surface area (Å²) in [5, 5.41) is 3.13. The molecule has 1 saturated heterocycles. The average molecular weight is 380 g/mol. The van der Waals surface area contributed by atoms with Crippen molar-refractivity contribution in [2.24, 2.45) is 0 Å². The first-order chi connectivity index (χ1) is 13.7. The summed E-state index contributed by atoms with van der Waals surface area (Å²) >= 11 is 0. The summed E-state index contributed by atoms with van der Waals surface area (Å²) in [6, 6.07) is 9.68. The molecule has 4 rings (SSSR count). The number of ether oxygens (including phenoxy) is 1. The molecule has 7 heteroatoms. The molecule has 0 spiro atoms. The van der Waals surface area contributed by atoms with Gasteiger partial charge in [-0.3, -0.25) is 9.88 Å². The number of pyridine rings is 1.